The molecular weight excluding hydrogens is 310 g/mol. The lowest BCUT2D eigenvalue weighted by Crippen LogP contribution is -2.30. The molecule has 0 saturated heterocycles. The summed E-state index contributed by atoms with van der Waals surface area (Å²) >= 11 is 5.22. The molecule has 1 unspecified atom stereocenters. The maximum Gasteiger partial charge on any atom is 0.0897 e. The Labute approximate surface area is 120 Å². The highest BCUT2D eigenvalue weighted by molar-refractivity contribution is 9.10. The van der Waals surface area contributed by atoms with Gasteiger partial charge in [-0.05, 0) is 31.0 Å². The fourth-order valence-corrected chi connectivity index (χ4v) is 2.98. The van der Waals surface area contributed by atoms with E-state index >= 15 is 0 Å². The van der Waals surface area contributed by atoms with Gasteiger partial charge in [-0.3, -0.25) is 11.3 Å². The van der Waals surface area contributed by atoms with Crippen molar-refractivity contribution in [2.75, 3.05) is 0 Å². The van der Waals surface area contributed by atoms with E-state index in [1.165, 1.54) is 11.1 Å². The minimum Gasteiger partial charge on any atom is -0.271 e. The van der Waals surface area contributed by atoms with Crippen molar-refractivity contribution in [3.8, 4) is 0 Å². The van der Waals surface area contributed by atoms with E-state index in [0.717, 1.165) is 21.6 Å². The minimum absolute atomic E-state index is 0.0870. The van der Waals surface area contributed by atoms with Crippen LogP contribution in [0.25, 0.3) is 0 Å². The fourth-order valence-electron chi connectivity index (χ4n) is 1.97. The molecule has 18 heavy (non-hydrogen) atoms. The van der Waals surface area contributed by atoms with Gasteiger partial charge in [-0.15, -0.1) is 11.3 Å². The van der Waals surface area contributed by atoms with Crippen molar-refractivity contribution in [3.63, 3.8) is 0 Å². The Hall–Kier alpha value is -0.750. The van der Waals surface area contributed by atoms with E-state index in [0.29, 0.717) is 0 Å². The Balaban J connectivity index is 2.25. The number of hydrogen-bond acceptors (Lipinski definition) is 4. The smallest absolute Gasteiger partial charge is 0.0897 e. The molecular formula is C13H16BrN3S. The lowest BCUT2D eigenvalue weighted by atomic mass is 9.98. The molecule has 2 aromatic rings. The average molecular weight is 326 g/mol. The number of halogens is 1. The van der Waals surface area contributed by atoms with Gasteiger partial charge in [-0.2, -0.15) is 0 Å². The van der Waals surface area contributed by atoms with Crippen molar-refractivity contribution in [2.24, 2.45) is 5.84 Å². The Bertz CT molecular complexity index is 539. The summed E-state index contributed by atoms with van der Waals surface area (Å²) in [6, 6.07) is 6.26. The molecule has 0 saturated carbocycles. The van der Waals surface area contributed by atoms with Crippen molar-refractivity contribution in [1.82, 2.24) is 10.4 Å². The van der Waals surface area contributed by atoms with Gasteiger partial charge >= 0.3 is 0 Å². The maximum absolute atomic E-state index is 5.69. The van der Waals surface area contributed by atoms with E-state index in [9.17, 15) is 0 Å². The van der Waals surface area contributed by atoms with Crippen LogP contribution in [0.2, 0.25) is 0 Å². The summed E-state index contributed by atoms with van der Waals surface area (Å²) in [5, 5.41) is 3.18. The second kappa shape index (κ2) is 5.93. The zero-order chi connectivity index (χ0) is 13.1. The van der Waals surface area contributed by atoms with Crippen LogP contribution in [0, 0.1) is 13.8 Å². The summed E-state index contributed by atoms with van der Waals surface area (Å²) in [7, 11) is 0. The van der Waals surface area contributed by atoms with Crippen LogP contribution >= 0.6 is 27.3 Å². The molecule has 1 atom stereocenters. The Morgan fingerprint density at radius 3 is 2.83 bits per heavy atom. The standard InChI is InChI=1S/C13H16BrN3S/c1-8-11(4-3-5-12(8)14)13(17-15)6-10-7-18-9(2)16-10/h3-5,7,13,17H,6,15H2,1-2H3. The lowest BCUT2D eigenvalue weighted by molar-refractivity contribution is 0.544. The maximum atomic E-state index is 5.69. The highest BCUT2D eigenvalue weighted by Gasteiger charge is 2.15. The molecule has 1 aromatic carbocycles. The topological polar surface area (TPSA) is 50.9 Å². The molecule has 0 fully saturated rings. The van der Waals surface area contributed by atoms with Gasteiger partial charge < -0.3 is 0 Å². The normalized spacial score (nSPS) is 12.7. The first-order valence-corrected chi connectivity index (χ1v) is 7.41. The summed E-state index contributed by atoms with van der Waals surface area (Å²) < 4.78 is 1.11. The molecule has 0 amide bonds. The zero-order valence-electron chi connectivity index (χ0n) is 10.4. The largest absolute Gasteiger partial charge is 0.271 e. The summed E-state index contributed by atoms with van der Waals surface area (Å²) in [4.78, 5) is 4.49. The van der Waals surface area contributed by atoms with Crippen molar-refractivity contribution in [2.45, 2.75) is 26.3 Å². The predicted molar refractivity (Wildman–Crippen MR) is 79.5 cm³/mol. The Morgan fingerprint density at radius 2 is 2.22 bits per heavy atom. The average Bonchev–Trinajstić information content (AvgIpc) is 2.76. The van der Waals surface area contributed by atoms with Crippen LogP contribution in [-0.4, -0.2) is 4.98 Å². The van der Waals surface area contributed by atoms with Crippen LogP contribution in [0.5, 0.6) is 0 Å². The van der Waals surface area contributed by atoms with Crippen LogP contribution in [0.15, 0.2) is 28.1 Å². The second-order valence-corrected chi connectivity index (χ2v) is 6.15. The third kappa shape index (κ3) is 2.98. The summed E-state index contributed by atoms with van der Waals surface area (Å²) in [5.74, 6) is 5.69. The Kier molecular flexibility index (Phi) is 4.50. The van der Waals surface area contributed by atoms with Crippen molar-refractivity contribution in [3.05, 3.63) is 49.9 Å². The van der Waals surface area contributed by atoms with Crippen molar-refractivity contribution >= 4 is 27.3 Å². The van der Waals surface area contributed by atoms with Crippen LogP contribution in [0.3, 0.4) is 0 Å². The molecule has 0 aliphatic rings. The minimum atomic E-state index is 0.0870. The molecule has 0 aliphatic carbocycles. The van der Waals surface area contributed by atoms with E-state index in [4.69, 9.17) is 5.84 Å². The first kappa shape index (κ1) is 13.7. The first-order chi connectivity index (χ1) is 8.61. The molecule has 1 aromatic heterocycles. The van der Waals surface area contributed by atoms with E-state index < -0.39 is 0 Å². The van der Waals surface area contributed by atoms with E-state index in [2.05, 4.69) is 44.7 Å². The number of nitrogens with one attached hydrogen (secondary N) is 1. The van der Waals surface area contributed by atoms with Crippen LogP contribution in [-0.2, 0) is 6.42 Å². The van der Waals surface area contributed by atoms with Gasteiger partial charge in [0.05, 0.1) is 16.7 Å². The first-order valence-electron chi connectivity index (χ1n) is 5.74. The number of hydrogen-bond donors (Lipinski definition) is 2. The molecule has 0 aliphatic heterocycles. The lowest BCUT2D eigenvalue weighted by Gasteiger charge is -2.18. The van der Waals surface area contributed by atoms with Crippen LogP contribution < -0.4 is 11.3 Å². The van der Waals surface area contributed by atoms with Gasteiger partial charge in [0.1, 0.15) is 0 Å². The molecule has 0 bridgehead atoms. The van der Waals surface area contributed by atoms with Gasteiger partial charge in [0.2, 0.25) is 0 Å². The van der Waals surface area contributed by atoms with Gasteiger partial charge in [0, 0.05) is 16.3 Å². The number of nitrogens with two attached hydrogens (primary N) is 1. The number of hydrazine groups is 1. The van der Waals surface area contributed by atoms with E-state index in [-0.39, 0.29) is 6.04 Å². The number of thiazole rings is 1. The van der Waals surface area contributed by atoms with Gasteiger partial charge in [-0.1, -0.05) is 28.1 Å². The molecule has 2 rings (SSSR count). The number of rotatable bonds is 4. The van der Waals surface area contributed by atoms with Crippen LogP contribution in [0.4, 0.5) is 0 Å². The molecule has 0 radical (unpaired) electrons. The fraction of sp³-hybridized carbons (Fsp3) is 0.308. The number of aryl methyl sites for hydroxylation is 1. The summed E-state index contributed by atoms with van der Waals surface area (Å²) in [6.07, 6.45) is 0.804. The number of benzene rings is 1. The van der Waals surface area contributed by atoms with Crippen molar-refractivity contribution in [1.29, 1.82) is 0 Å². The highest BCUT2D eigenvalue weighted by atomic mass is 79.9. The third-order valence-corrected chi connectivity index (χ3v) is 4.65. The zero-order valence-corrected chi connectivity index (χ0v) is 12.8. The Morgan fingerprint density at radius 1 is 1.44 bits per heavy atom. The predicted octanol–water partition coefficient (Wildman–Crippen LogP) is 3.27. The molecule has 3 nitrogen and oxygen atoms in total. The molecule has 5 heteroatoms. The monoisotopic (exact) mass is 325 g/mol. The van der Waals surface area contributed by atoms with Gasteiger partial charge in [-0.25, -0.2) is 4.98 Å². The molecule has 1 heterocycles. The molecule has 3 N–H and O–H groups in total. The number of nitrogens with zero attached hydrogens (tertiary/aromatic N) is 1. The highest BCUT2D eigenvalue weighted by Crippen LogP contribution is 2.26. The van der Waals surface area contributed by atoms with Crippen LogP contribution in [0.1, 0.15) is 27.9 Å². The third-order valence-electron chi connectivity index (χ3n) is 2.97. The van der Waals surface area contributed by atoms with E-state index in [1.807, 2.05) is 19.1 Å². The number of aromatic nitrogens is 1. The quantitative estimate of drug-likeness (QED) is 0.670. The van der Waals surface area contributed by atoms with Gasteiger partial charge in [0.15, 0.2) is 0 Å². The summed E-state index contributed by atoms with van der Waals surface area (Å²) in [5.41, 5.74) is 6.39. The van der Waals surface area contributed by atoms with E-state index in [1.54, 1.807) is 11.3 Å². The van der Waals surface area contributed by atoms with Crippen molar-refractivity contribution < 1.29 is 0 Å². The van der Waals surface area contributed by atoms with Gasteiger partial charge in [0.25, 0.3) is 0 Å². The molecule has 96 valence electrons. The molecule has 0 spiro atoms. The SMILES string of the molecule is Cc1nc(CC(NN)c2cccc(Br)c2C)cs1. The summed E-state index contributed by atoms with van der Waals surface area (Å²) in [6.45, 7) is 4.11. The second-order valence-electron chi connectivity index (χ2n) is 4.24.